The van der Waals surface area contributed by atoms with E-state index in [1.807, 2.05) is 25.7 Å². The maximum atomic E-state index is 12.3. The Morgan fingerprint density at radius 1 is 1.25 bits per heavy atom. The van der Waals surface area contributed by atoms with Crippen LogP contribution in [0.25, 0.3) is 0 Å². The predicted octanol–water partition coefficient (Wildman–Crippen LogP) is 1.84. The maximum Gasteiger partial charge on any atom is 0.410 e. The third-order valence-electron chi connectivity index (χ3n) is 4.31. The fraction of sp³-hybridized carbons (Fsp3) is 0.933. The molecule has 1 aliphatic carbocycles. The van der Waals surface area contributed by atoms with E-state index >= 15 is 0 Å². The van der Waals surface area contributed by atoms with Gasteiger partial charge in [-0.3, -0.25) is 4.90 Å². The van der Waals surface area contributed by atoms with E-state index in [0.29, 0.717) is 6.54 Å². The molecule has 0 spiro atoms. The molecule has 0 bridgehead atoms. The summed E-state index contributed by atoms with van der Waals surface area (Å²) in [6.07, 6.45) is 1.88. The number of ether oxygens (including phenoxy) is 1. The summed E-state index contributed by atoms with van der Waals surface area (Å²) in [5.74, 6) is 0. The molecule has 0 unspecified atom stereocenters. The average molecular weight is 284 g/mol. The van der Waals surface area contributed by atoms with Crippen LogP contribution in [-0.4, -0.2) is 63.9 Å². The molecule has 0 atom stereocenters. The second kappa shape index (κ2) is 4.88. The van der Waals surface area contributed by atoms with Gasteiger partial charge in [-0.15, -0.1) is 0 Å². The van der Waals surface area contributed by atoms with Crippen molar-refractivity contribution in [2.24, 2.45) is 0 Å². The highest BCUT2D eigenvalue weighted by molar-refractivity contribution is 5.69. The van der Waals surface area contributed by atoms with Crippen LogP contribution in [0.2, 0.25) is 0 Å². The summed E-state index contributed by atoms with van der Waals surface area (Å²) < 4.78 is 5.49. The average Bonchev–Trinajstić information content (AvgIpc) is 3.05. The van der Waals surface area contributed by atoms with Gasteiger partial charge in [0.1, 0.15) is 5.60 Å². The number of nitrogens with zero attached hydrogens (tertiary/aromatic N) is 2. The molecule has 0 aromatic heterocycles. The van der Waals surface area contributed by atoms with E-state index in [-0.39, 0.29) is 23.8 Å². The quantitative estimate of drug-likeness (QED) is 0.840. The summed E-state index contributed by atoms with van der Waals surface area (Å²) in [7, 11) is 0. The molecule has 1 heterocycles. The number of hydrogen-bond donors (Lipinski definition) is 1. The highest BCUT2D eigenvalue weighted by Crippen LogP contribution is 2.43. The van der Waals surface area contributed by atoms with Crippen molar-refractivity contribution in [3.05, 3.63) is 0 Å². The van der Waals surface area contributed by atoms with Gasteiger partial charge in [0.25, 0.3) is 0 Å². The van der Waals surface area contributed by atoms with Crippen molar-refractivity contribution in [3.8, 4) is 0 Å². The van der Waals surface area contributed by atoms with Crippen molar-refractivity contribution >= 4 is 6.09 Å². The van der Waals surface area contributed by atoms with Crippen LogP contribution in [-0.2, 0) is 4.74 Å². The number of aliphatic hydroxyl groups excluding tert-OH is 1. The number of carbonyl (C=O) groups is 1. The minimum atomic E-state index is -0.465. The lowest BCUT2D eigenvalue weighted by Crippen LogP contribution is -2.64. The van der Waals surface area contributed by atoms with Crippen LogP contribution < -0.4 is 0 Å². The highest BCUT2D eigenvalue weighted by Gasteiger charge is 2.51. The van der Waals surface area contributed by atoms with Crippen molar-refractivity contribution in [2.75, 3.05) is 26.2 Å². The SMILES string of the molecule is CC(C)(C)OC(=O)N1CCN(C2(CO)CC2)CC1(C)C. The van der Waals surface area contributed by atoms with E-state index in [2.05, 4.69) is 18.7 Å². The van der Waals surface area contributed by atoms with E-state index in [0.717, 1.165) is 25.9 Å². The van der Waals surface area contributed by atoms with Crippen LogP contribution in [0.4, 0.5) is 4.79 Å². The largest absolute Gasteiger partial charge is 0.444 e. The van der Waals surface area contributed by atoms with Crippen LogP contribution >= 0.6 is 0 Å². The van der Waals surface area contributed by atoms with Crippen LogP contribution in [0.1, 0.15) is 47.5 Å². The number of hydrogen-bond acceptors (Lipinski definition) is 4. The molecular weight excluding hydrogens is 256 g/mol. The molecule has 2 rings (SSSR count). The Morgan fingerprint density at radius 3 is 2.25 bits per heavy atom. The van der Waals surface area contributed by atoms with Crippen molar-refractivity contribution in [1.82, 2.24) is 9.80 Å². The highest BCUT2D eigenvalue weighted by atomic mass is 16.6. The zero-order valence-corrected chi connectivity index (χ0v) is 13.4. The van der Waals surface area contributed by atoms with E-state index in [4.69, 9.17) is 4.74 Å². The molecular formula is C15H28N2O3. The first-order valence-electron chi connectivity index (χ1n) is 7.46. The molecule has 5 heteroatoms. The summed E-state index contributed by atoms with van der Waals surface area (Å²) in [5, 5.41) is 9.56. The van der Waals surface area contributed by atoms with E-state index in [1.54, 1.807) is 0 Å². The molecule has 20 heavy (non-hydrogen) atoms. The molecule has 1 saturated carbocycles. The predicted molar refractivity (Wildman–Crippen MR) is 77.6 cm³/mol. The van der Waals surface area contributed by atoms with Gasteiger partial charge in [0.05, 0.1) is 12.1 Å². The van der Waals surface area contributed by atoms with Gasteiger partial charge in [-0.2, -0.15) is 0 Å². The van der Waals surface area contributed by atoms with E-state index in [1.165, 1.54) is 0 Å². The standard InChI is InChI=1S/C15H28N2O3/c1-13(2,3)20-12(19)17-9-8-16(10-14(17,4)5)15(11-18)6-7-15/h18H,6-11H2,1-5H3. The summed E-state index contributed by atoms with van der Waals surface area (Å²) in [6, 6.07) is 0. The minimum Gasteiger partial charge on any atom is -0.444 e. The lowest BCUT2D eigenvalue weighted by atomic mass is 9.97. The van der Waals surface area contributed by atoms with Gasteiger partial charge in [0.2, 0.25) is 0 Å². The lowest BCUT2D eigenvalue weighted by Gasteiger charge is -2.49. The van der Waals surface area contributed by atoms with Gasteiger partial charge in [-0.1, -0.05) is 0 Å². The molecule has 2 fully saturated rings. The Bertz CT molecular complexity index is 383. The second-order valence-electron chi connectivity index (χ2n) is 7.75. The zero-order valence-electron chi connectivity index (χ0n) is 13.4. The van der Waals surface area contributed by atoms with Gasteiger partial charge >= 0.3 is 6.09 Å². The Labute approximate surface area is 121 Å². The smallest absolute Gasteiger partial charge is 0.410 e. The normalized spacial score (nSPS) is 25.4. The van der Waals surface area contributed by atoms with Crippen LogP contribution in [0.5, 0.6) is 0 Å². The Morgan fingerprint density at radius 2 is 1.85 bits per heavy atom. The molecule has 1 saturated heterocycles. The molecule has 0 aromatic rings. The molecule has 5 nitrogen and oxygen atoms in total. The number of amides is 1. The third-order valence-corrected chi connectivity index (χ3v) is 4.31. The zero-order chi connectivity index (χ0) is 15.2. The summed E-state index contributed by atoms with van der Waals surface area (Å²) >= 11 is 0. The first-order valence-corrected chi connectivity index (χ1v) is 7.46. The molecule has 116 valence electrons. The number of carbonyl (C=O) groups excluding carboxylic acids is 1. The molecule has 0 radical (unpaired) electrons. The van der Waals surface area contributed by atoms with Gasteiger partial charge < -0.3 is 14.7 Å². The Kier molecular flexibility index (Phi) is 3.80. The van der Waals surface area contributed by atoms with Crippen LogP contribution in [0.3, 0.4) is 0 Å². The van der Waals surface area contributed by atoms with E-state index < -0.39 is 5.60 Å². The van der Waals surface area contributed by atoms with Gasteiger partial charge in [-0.25, -0.2) is 4.79 Å². The fourth-order valence-corrected chi connectivity index (χ4v) is 2.93. The number of rotatable bonds is 2. The summed E-state index contributed by atoms with van der Waals surface area (Å²) in [5.41, 5.74) is -0.754. The first kappa shape index (κ1) is 15.6. The summed E-state index contributed by atoms with van der Waals surface area (Å²) in [4.78, 5) is 16.5. The van der Waals surface area contributed by atoms with Gasteiger partial charge in [0.15, 0.2) is 0 Å². The summed E-state index contributed by atoms with van der Waals surface area (Å²) in [6.45, 7) is 12.3. The molecule has 0 aromatic carbocycles. The Balaban J connectivity index is 2.03. The molecule has 2 aliphatic rings. The topological polar surface area (TPSA) is 53.0 Å². The number of piperazine rings is 1. The minimum absolute atomic E-state index is 0.0166. The fourth-order valence-electron chi connectivity index (χ4n) is 2.93. The maximum absolute atomic E-state index is 12.3. The van der Waals surface area contributed by atoms with Crippen molar-refractivity contribution in [2.45, 2.75) is 64.1 Å². The van der Waals surface area contributed by atoms with Crippen LogP contribution in [0.15, 0.2) is 0 Å². The van der Waals surface area contributed by atoms with Crippen molar-refractivity contribution in [3.63, 3.8) is 0 Å². The number of aliphatic hydroxyl groups is 1. The second-order valence-corrected chi connectivity index (χ2v) is 7.75. The van der Waals surface area contributed by atoms with Crippen molar-refractivity contribution in [1.29, 1.82) is 0 Å². The lowest BCUT2D eigenvalue weighted by molar-refractivity contribution is -0.0403. The van der Waals surface area contributed by atoms with Gasteiger partial charge in [0, 0.05) is 25.2 Å². The van der Waals surface area contributed by atoms with Gasteiger partial charge in [-0.05, 0) is 47.5 Å². The monoisotopic (exact) mass is 284 g/mol. The first-order chi connectivity index (χ1) is 9.10. The Hall–Kier alpha value is -0.810. The molecule has 1 N–H and O–H groups in total. The van der Waals surface area contributed by atoms with Crippen LogP contribution in [0, 0.1) is 0 Å². The molecule has 1 aliphatic heterocycles. The molecule has 1 amide bonds. The third kappa shape index (κ3) is 3.09. The van der Waals surface area contributed by atoms with Crippen molar-refractivity contribution < 1.29 is 14.6 Å². The van der Waals surface area contributed by atoms with E-state index in [9.17, 15) is 9.90 Å².